The molecule has 160 valence electrons. The van der Waals surface area contributed by atoms with Crippen LogP contribution >= 0.6 is 24.0 Å². The lowest BCUT2D eigenvalue weighted by Gasteiger charge is -2.36. The van der Waals surface area contributed by atoms with Crippen LogP contribution in [0, 0.1) is 6.92 Å². The first-order valence-electron chi connectivity index (χ1n) is 10.3. The predicted molar refractivity (Wildman–Crippen MR) is 122 cm³/mol. The third-order valence-corrected chi connectivity index (χ3v) is 5.87. The second kappa shape index (κ2) is 11.9. The normalized spacial score (nSPS) is 19.6. The number of halogens is 1. The third-order valence-electron chi connectivity index (χ3n) is 5.87. The first-order valence-corrected chi connectivity index (χ1v) is 10.3. The van der Waals surface area contributed by atoms with E-state index >= 15 is 0 Å². The highest BCUT2D eigenvalue weighted by molar-refractivity contribution is 14.0. The standard InChI is InChI=1S/C19H35N7O.HI/c1-15-23-24-18(25(15)2)14-21-19(20-10-13-27-3)22-16-8-11-26(12-9-16)17-6-4-5-7-17;/h16-17H,4-14H2,1-3H3,(H2,20,21,22);1H. The smallest absolute Gasteiger partial charge is 0.192 e. The summed E-state index contributed by atoms with van der Waals surface area (Å²) in [5.41, 5.74) is 0. The van der Waals surface area contributed by atoms with Gasteiger partial charge in [-0.05, 0) is 32.6 Å². The fraction of sp³-hybridized carbons (Fsp3) is 0.842. The molecule has 1 aliphatic carbocycles. The van der Waals surface area contributed by atoms with Gasteiger partial charge in [-0.2, -0.15) is 0 Å². The van der Waals surface area contributed by atoms with Crippen molar-refractivity contribution in [2.45, 2.75) is 64.1 Å². The van der Waals surface area contributed by atoms with Crippen LogP contribution in [-0.4, -0.2) is 71.1 Å². The Balaban J connectivity index is 0.00000280. The monoisotopic (exact) mass is 505 g/mol. The zero-order valence-corrected chi connectivity index (χ0v) is 19.8. The fourth-order valence-electron chi connectivity index (χ4n) is 4.03. The molecule has 0 radical (unpaired) electrons. The van der Waals surface area contributed by atoms with Gasteiger partial charge in [-0.1, -0.05) is 12.8 Å². The molecule has 1 aliphatic heterocycles. The van der Waals surface area contributed by atoms with Gasteiger partial charge in [0.15, 0.2) is 11.8 Å². The summed E-state index contributed by atoms with van der Waals surface area (Å²) >= 11 is 0. The highest BCUT2D eigenvalue weighted by atomic mass is 127. The molecule has 0 spiro atoms. The highest BCUT2D eigenvalue weighted by Crippen LogP contribution is 2.26. The molecule has 3 rings (SSSR count). The molecule has 0 bridgehead atoms. The summed E-state index contributed by atoms with van der Waals surface area (Å²) in [4.78, 5) is 7.43. The SMILES string of the molecule is COCCNC(=NCc1nnc(C)n1C)NC1CCN(C2CCCC2)CC1.I. The maximum Gasteiger partial charge on any atom is 0.192 e. The molecule has 2 N–H and O–H groups in total. The topological polar surface area (TPSA) is 79.6 Å². The summed E-state index contributed by atoms with van der Waals surface area (Å²) < 4.78 is 7.14. The van der Waals surface area contributed by atoms with Gasteiger partial charge in [-0.25, -0.2) is 4.99 Å². The van der Waals surface area contributed by atoms with Crippen molar-refractivity contribution in [3.05, 3.63) is 11.6 Å². The maximum absolute atomic E-state index is 5.16. The second-order valence-corrected chi connectivity index (χ2v) is 7.70. The average molecular weight is 505 g/mol. The molecule has 2 fully saturated rings. The lowest BCUT2D eigenvalue weighted by molar-refractivity contribution is 0.150. The maximum atomic E-state index is 5.16. The van der Waals surface area contributed by atoms with Crippen LogP contribution in [0.5, 0.6) is 0 Å². The number of methoxy groups -OCH3 is 1. The summed E-state index contributed by atoms with van der Waals surface area (Å²) in [7, 11) is 3.69. The first-order chi connectivity index (χ1) is 13.2. The van der Waals surface area contributed by atoms with Gasteiger partial charge in [0, 0.05) is 45.9 Å². The van der Waals surface area contributed by atoms with Crippen LogP contribution in [0.1, 0.15) is 50.2 Å². The second-order valence-electron chi connectivity index (χ2n) is 7.70. The van der Waals surface area contributed by atoms with Crippen molar-refractivity contribution in [3.63, 3.8) is 0 Å². The Morgan fingerprint density at radius 2 is 1.89 bits per heavy atom. The number of nitrogens with zero attached hydrogens (tertiary/aromatic N) is 5. The summed E-state index contributed by atoms with van der Waals surface area (Å²) in [6.07, 6.45) is 7.94. The Morgan fingerprint density at radius 3 is 2.50 bits per heavy atom. The van der Waals surface area contributed by atoms with Crippen molar-refractivity contribution < 1.29 is 4.74 Å². The van der Waals surface area contributed by atoms with Gasteiger partial charge in [0.2, 0.25) is 0 Å². The number of aromatic nitrogens is 3. The molecule has 1 saturated carbocycles. The number of rotatable bonds is 7. The Labute approximate surface area is 185 Å². The largest absolute Gasteiger partial charge is 0.383 e. The van der Waals surface area contributed by atoms with E-state index in [-0.39, 0.29) is 24.0 Å². The van der Waals surface area contributed by atoms with Gasteiger partial charge in [0.1, 0.15) is 12.4 Å². The van der Waals surface area contributed by atoms with Crippen LogP contribution in [0.3, 0.4) is 0 Å². The van der Waals surface area contributed by atoms with Gasteiger partial charge < -0.3 is 24.8 Å². The lowest BCUT2D eigenvalue weighted by atomic mass is 10.0. The van der Waals surface area contributed by atoms with Crippen molar-refractivity contribution in [1.29, 1.82) is 0 Å². The van der Waals surface area contributed by atoms with Gasteiger partial charge in [-0.3, -0.25) is 0 Å². The third kappa shape index (κ3) is 6.55. The van der Waals surface area contributed by atoms with E-state index in [9.17, 15) is 0 Å². The molecule has 1 aromatic rings. The number of guanidine groups is 1. The molecule has 2 aliphatic rings. The minimum Gasteiger partial charge on any atom is -0.383 e. The summed E-state index contributed by atoms with van der Waals surface area (Å²) in [6.45, 7) is 6.24. The first kappa shape index (κ1) is 23.3. The van der Waals surface area contributed by atoms with Gasteiger partial charge >= 0.3 is 0 Å². The molecule has 0 amide bonds. The molecular formula is C19H36IN7O. The summed E-state index contributed by atoms with van der Waals surface area (Å²) in [5, 5.41) is 15.3. The number of aliphatic imine (C=N–C) groups is 1. The van der Waals surface area contributed by atoms with Crippen LogP contribution in [-0.2, 0) is 18.3 Å². The lowest BCUT2D eigenvalue weighted by Crippen LogP contribution is -2.50. The van der Waals surface area contributed by atoms with Crippen LogP contribution in [0.4, 0.5) is 0 Å². The van der Waals surface area contributed by atoms with Crippen LogP contribution in [0.2, 0.25) is 0 Å². The Morgan fingerprint density at radius 1 is 1.18 bits per heavy atom. The molecule has 1 saturated heterocycles. The molecular weight excluding hydrogens is 469 g/mol. The molecule has 8 nitrogen and oxygen atoms in total. The molecule has 28 heavy (non-hydrogen) atoms. The summed E-state index contributed by atoms with van der Waals surface area (Å²) in [5.74, 6) is 2.62. The minimum atomic E-state index is 0. The Kier molecular flexibility index (Phi) is 9.93. The van der Waals surface area contributed by atoms with E-state index in [0.717, 1.165) is 30.2 Å². The number of ether oxygens (including phenoxy) is 1. The summed E-state index contributed by atoms with van der Waals surface area (Å²) in [6, 6.07) is 1.30. The highest BCUT2D eigenvalue weighted by Gasteiger charge is 2.27. The van der Waals surface area contributed by atoms with E-state index < -0.39 is 0 Å². The quantitative estimate of drug-likeness (QED) is 0.255. The van der Waals surface area contributed by atoms with E-state index in [4.69, 9.17) is 9.73 Å². The minimum absolute atomic E-state index is 0. The molecule has 0 unspecified atom stereocenters. The number of aryl methyl sites for hydroxylation is 1. The molecule has 1 aromatic heterocycles. The zero-order chi connectivity index (χ0) is 19.1. The fourth-order valence-corrected chi connectivity index (χ4v) is 4.03. The number of nitrogens with one attached hydrogen (secondary N) is 2. The number of hydrogen-bond acceptors (Lipinski definition) is 5. The van der Waals surface area contributed by atoms with Gasteiger partial charge in [0.05, 0.1) is 6.61 Å². The van der Waals surface area contributed by atoms with E-state index in [1.165, 1.54) is 51.6 Å². The van der Waals surface area contributed by atoms with E-state index in [2.05, 4.69) is 25.7 Å². The number of likely N-dealkylation sites (tertiary alicyclic amines) is 1. The Bertz CT molecular complexity index is 607. The van der Waals surface area contributed by atoms with Crippen LogP contribution in [0.25, 0.3) is 0 Å². The number of hydrogen-bond donors (Lipinski definition) is 2. The average Bonchev–Trinajstić information content (AvgIpc) is 3.32. The zero-order valence-electron chi connectivity index (χ0n) is 17.5. The number of piperidine rings is 1. The van der Waals surface area contributed by atoms with Crippen molar-refractivity contribution in [3.8, 4) is 0 Å². The van der Waals surface area contributed by atoms with E-state index in [0.29, 0.717) is 19.2 Å². The molecule has 2 heterocycles. The van der Waals surface area contributed by atoms with Crippen molar-refractivity contribution >= 4 is 29.9 Å². The predicted octanol–water partition coefficient (Wildman–Crippen LogP) is 1.83. The molecule has 0 atom stereocenters. The van der Waals surface area contributed by atoms with Crippen molar-refractivity contribution in [2.24, 2.45) is 12.0 Å². The van der Waals surface area contributed by atoms with Crippen LogP contribution in [0.15, 0.2) is 4.99 Å². The van der Waals surface area contributed by atoms with E-state index in [1.807, 2.05) is 18.5 Å². The molecule has 9 heteroatoms. The van der Waals surface area contributed by atoms with Crippen molar-refractivity contribution in [2.75, 3.05) is 33.4 Å². The van der Waals surface area contributed by atoms with Crippen LogP contribution < -0.4 is 10.6 Å². The van der Waals surface area contributed by atoms with Crippen molar-refractivity contribution in [1.82, 2.24) is 30.3 Å². The Hall–Kier alpha value is -0.940. The van der Waals surface area contributed by atoms with Gasteiger partial charge in [0.25, 0.3) is 0 Å². The van der Waals surface area contributed by atoms with E-state index in [1.54, 1.807) is 7.11 Å². The molecule has 0 aromatic carbocycles. The van der Waals surface area contributed by atoms with Gasteiger partial charge in [-0.15, -0.1) is 34.2 Å².